The molecule has 0 aliphatic heterocycles. The van der Waals surface area contributed by atoms with Gasteiger partial charge in [0.15, 0.2) is 0 Å². The number of allylic oxidation sites excluding steroid dienone is 1. The number of benzene rings is 7. The molecule has 1 aliphatic carbocycles. The molecule has 1 aromatic heterocycles. The van der Waals surface area contributed by atoms with Crippen LogP contribution in [0.15, 0.2) is 170 Å². The molecule has 8 aromatic rings. The Hall–Kier alpha value is -5.92. The standard InChI is InChI=1S/C48H37N/c1-48(2)43-21-11-9-19-42(43)47-39(20-13-22-44(47)48)37(30-33-24-27-36(28-25-33)35-14-5-3-6-15-35)31-34-26-29-41-40-18-10-12-23-45(40)49(46(41)32-34)38-16-7-4-8-17-38/h3-30,32H,31H2,1-2H3/b37-30-. The topological polar surface area (TPSA) is 4.93 Å². The van der Waals surface area contributed by atoms with Gasteiger partial charge in [-0.2, -0.15) is 0 Å². The van der Waals surface area contributed by atoms with Crippen molar-refractivity contribution in [3.8, 4) is 27.9 Å². The molecule has 0 bridgehead atoms. The first kappa shape index (κ1) is 29.2. The third-order valence-corrected chi connectivity index (χ3v) is 10.5. The maximum Gasteiger partial charge on any atom is 0.0543 e. The van der Waals surface area contributed by atoms with Crippen LogP contribution in [0.4, 0.5) is 0 Å². The Morgan fingerprint density at radius 3 is 2.02 bits per heavy atom. The third-order valence-electron chi connectivity index (χ3n) is 10.5. The van der Waals surface area contributed by atoms with Crippen molar-refractivity contribution in [3.05, 3.63) is 198 Å². The molecule has 0 fully saturated rings. The molecule has 49 heavy (non-hydrogen) atoms. The van der Waals surface area contributed by atoms with E-state index < -0.39 is 0 Å². The second-order valence-corrected chi connectivity index (χ2v) is 13.8. The maximum atomic E-state index is 2.42. The molecule has 1 heteroatoms. The number of hydrogen-bond acceptors (Lipinski definition) is 0. The molecule has 1 heterocycles. The number of nitrogens with zero attached hydrogens (tertiary/aromatic N) is 1. The van der Waals surface area contributed by atoms with Gasteiger partial charge in [0.1, 0.15) is 0 Å². The highest BCUT2D eigenvalue weighted by molar-refractivity contribution is 6.09. The molecule has 234 valence electrons. The predicted molar refractivity (Wildman–Crippen MR) is 208 cm³/mol. The summed E-state index contributed by atoms with van der Waals surface area (Å²) >= 11 is 0. The van der Waals surface area contributed by atoms with Crippen molar-refractivity contribution < 1.29 is 0 Å². The van der Waals surface area contributed by atoms with Crippen molar-refractivity contribution in [2.24, 2.45) is 0 Å². The number of fused-ring (bicyclic) bond motifs is 6. The third kappa shape index (κ3) is 4.93. The summed E-state index contributed by atoms with van der Waals surface area (Å²) in [4.78, 5) is 0. The lowest BCUT2D eigenvalue weighted by Gasteiger charge is -2.22. The summed E-state index contributed by atoms with van der Waals surface area (Å²) in [5.41, 5.74) is 16.7. The molecule has 1 nitrogen and oxygen atoms in total. The molecular formula is C48H37N. The molecule has 0 saturated heterocycles. The van der Waals surface area contributed by atoms with Gasteiger partial charge in [0.2, 0.25) is 0 Å². The monoisotopic (exact) mass is 627 g/mol. The lowest BCUT2D eigenvalue weighted by atomic mass is 9.81. The zero-order chi connectivity index (χ0) is 33.0. The summed E-state index contributed by atoms with van der Waals surface area (Å²) in [6.45, 7) is 4.73. The van der Waals surface area contributed by atoms with E-state index in [1.54, 1.807) is 0 Å². The Morgan fingerprint density at radius 1 is 0.551 bits per heavy atom. The number of hydrogen-bond donors (Lipinski definition) is 0. The fraction of sp³-hybridized carbons (Fsp3) is 0.0833. The van der Waals surface area contributed by atoms with Crippen LogP contribution in [-0.2, 0) is 11.8 Å². The average molecular weight is 628 g/mol. The first-order valence-electron chi connectivity index (χ1n) is 17.2. The summed E-state index contributed by atoms with van der Waals surface area (Å²) in [5, 5.41) is 2.56. The van der Waals surface area contributed by atoms with Crippen LogP contribution in [0.3, 0.4) is 0 Å². The van der Waals surface area contributed by atoms with Gasteiger partial charge in [0.25, 0.3) is 0 Å². The van der Waals surface area contributed by atoms with Crippen molar-refractivity contribution in [2.75, 3.05) is 0 Å². The van der Waals surface area contributed by atoms with Crippen LogP contribution in [0.25, 0.3) is 61.4 Å². The second-order valence-electron chi connectivity index (χ2n) is 13.8. The van der Waals surface area contributed by atoms with Crippen molar-refractivity contribution in [3.63, 3.8) is 0 Å². The van der Waals surface area contributed by atoms with Gasteiger partial charge in [-0.1, -0.05) is 166 Å². The summed E-state index contributed by atoms with van der Waals surface area (Å²) in [6, 6.07) is 62.1. The van der Waals surface area contributed by atoms with Crippen molar-refractivity contribution >= 4 is 33.5 Å². The summed E-state index contributed by atoms with van der Waals surface area (Å²) in [7, 11) is 0. The van der Waals surface area contributed by atoms with E-state index in [1.165, 1.54) is 83.1 Å². The van der Waals surface area contributed by atoms with Crippen LogP contribution >= 0.6 is 0 Å². The van der Waals surface area contributed by atoms with Gasteiger partial charge in [0, 0.05) is 21.9 Å². The quantitative estimate of drug-likeness (QED) is 0.162. The Balaban J connectivity index is 1.22. The minimum Gasteiger partial charge on any atom is -0.309 e. The molecule has 0 amide bonds. The molecule has 0 unspecified atom stereocenters. The maximum absolute atomic E-state index is 2.42. The number of para-hydroxylation sites is 2. The normalized spacial score (nSPS) is 13.5. The Kier molecular flexibility index (Phi) is 6.95. The van der Waals surface area contributed by atoms with Crippen LogP contribution < -0.4 is 0 Å². The van der Waals surface area contributed by atoms with E-state index in [0.717, 1.165) is 6.42 Å². The molecule has 7 aromatic carbocycles. The van der Waals surface area contributed by atoms with Gasteiger partial charge >= 0.3 is 0 Å². The van der Waals surface area contributed by atoms with Gasteiger partial charge in [-0.05, 0) is 86.3 Å². The highest BCUT2D eigenvalue weighted by Crippen LogP contribution is 2.51. The van der Waals surface area contributed by atoms with Crippen LogP contribution in [0.2, 0.25) is 0 Å². The molecule has 1 aliphatic rings. The zero-order valence-electron chi connectivity index (χ0n) is 27.9. The molecule has 9 rings (SSSR count). The average Bonchev–Trinajstić information content (AvgIpc) is 3.60. The summed E-state index contributed by atoms with van der Waals surface area (Å²) < 4.78 is 2.42. The van der Waals surface area contributed by atoms with Gasteiger partial charge < -0.3 is 4.57 Å². The van der Waals surface area contributed by atoms with Crippen LogP contribution in [0.1, 0.15) is 41.7 Å². The fourth-order valence-corrected chi connectivity index (χ4v) is 8.05. The Morgan fingerprint density at radius 2 is 1.20 bits per heavy atom. The lowest BCUT2D eigenvalue weighted by molar-refractivity contribution is 0.660. The fourth-order valence-electron chi connectivity index (χ4n) is 8.05. The van der Waals surface area contributed by atoms with E-state index in [0.29, 0.717) is 0 Å². The lowest BCUT2D eigenvalue weighted by Crippen LogP contribution is -2.14. The van der Waals surface area contributed by atoms with E-state index in [2.05, 4.69) is 194 Å². The van der Waals surface area contributed by atoms with E-state index in [-0.39, 0.29) is 5.41 Å². The molecule has 0 N–H and O–H groups in total. The van der Waals surface area contributed by atoms with E-state index >= 15 is 0 Å². The van der Waals surface area contributed by atoms with Gasteiger partial charge in [-0.15, -0.1) is 0 Å². The van der Waals surface area contributed by atoms with Crippen LogP contribution in [-0.4, -0.2) is 4.57 Å². The highest BCUT2D eigenvalue weighted by Gasteiger charge is 2.36. The van der Waals surface area contributed by atoms with E-state index in [4.69, 9.17) is 0 Å². The van der Waals surface area contributed by atoms with E-state index in [9.17, 15) is 0 Å². The van der Waals surface area contributed by atoms with Gasteiger partial charge in [-0.25, -0.2) is 0 Å². The highest BCUT2D eigenvalue weighted by atomic mass is 15.0. The molecule has 0 spiro atoms. The Bertz CT molecular complexity index is 2510. The predicted octanol–water partition coefficient (Wildman–Crippen LogP) is 12.5. The molecule has 0 radical (unpaired) electrons. The molecular weight excluding hydrogens is 591 g/mol. The van der Waals surface area contributed by atoms with Crippen molar-refractivity contribution in [1.82, 2.24) is 4.57 Å². The van der Waals surface area contributed by atoms with Gasteiger partial charge in [-0.3, -0.25) is 0 Å². The zero-order valence-corrected chi connectivity index (χ0v) is 27.9. The first-order valence-corrected chi connectivity index (χ1v) is 17.2. The summed E-state index contributed by atoms with van der Waals surface area (Å²) in [6.07, 6.45) is 3.22. The smallest absolute Gasteiger partial charge is 0.0543 e. The molecule has 0 atom stereocenters. The van der Waals surface area contributed by atoms with Crippen LogP contribution in [0.5, 0.6) is 0 Å². The van der Waals surface area contributed by atoms with E-state index in [1.807, 2.05) is 0 Å². The first-order chi connectivity index (χ1) is 24.1. The minimum atomic E-state index is -0.0556. The molecule has 0 saturated carbocycles. The van der Waals surface area contributed by atoms with Crippen molar-refractivity contribution in [1.29, 1.82) is 0 Å². The Labute approximate surface area is 288 Å². The minimum absolute atomic E-state index is 0.0556. The van der Waals surface area contributed by atoms with Crippen LogP contribution in [0, 0.1) is 0 Å². The SMILES string of the molecule is CC1(C)c2ccccc2-c2c(/C(=C\c3ccc(-c4ccccc4)cc3)Cc3ccc4c5ccccc5n(-c5ccccc5)c4c3)cccc21. The second kappa shape index (κ2) is 11.6. The van der Waals surface area contributed by atoms with Crippen molar-refractivity contribution in [2.45, 2.75) is 25.7 Å². The number of aromatic nitrogens is 1. The van der Waals surface area contributed by atoms with Gasteiger partial charge in [0.05, 0.1) is 11.0 Å². The number of rotatable bonds is 6. The largest absolute Gasteiger partial charge is 0.309 e. The summed E-state index contributed by atoms with van der Waals surface area (Å²) in [5.74, 6) is 0.